The van der Waals surface area contributed by atoms with E-state index in [1.54, 1.807) is 0 Å². The molecule has 0 aromatic heterocycles. The number of nitrogens with two attached hydrogens (primary N) is 1. The highest BCUT2D eigenvalue weighted by atomic mass is 19.4. The van der Waals surface area contributed by atoms with E-state index in [4.69, 9.17) is 10.8 Å². The summed E-state index contributed by atoms with van der Waals surface area (Å²) in [4.78, 5) is 0. The number of unbranched alkanes of at least 4 members (excludes halogenated alkanes) is 1. The van der Waals surface area contributed by atoms with Crippen LogP contribution in [0, 0.1) is 0 Å². The van der Waals surface area contributed by atoms with Crippen LogP contribution in [0.2, 0.25) is 0 Å². The van der Waals surface area contributed by atoms with Crippen molar-refractivity contribution in [2.45, 2.75) is 25.4 Å². The molecule has 96 valence electrons. The zero-order chi connectivity index (χ0) is 13.1. The Kier molecular flexibility index (Phi) is 4.22. The van der Waals surface area contributed by atoms with Crippen molar-refractivity contribution in [2.24, 2.45) is 5.73 Å². The van der Waals surface area contributed by atoms with Gasteiger partial charge >= 0.3 is 6.18 Å². The van der Waals surface area contributed by atoms with Gasteiger partial charge in [-0.3, -0.25) is 0 Å². The molecule has 4 N–H and O–H groups in total. The van der Waals surface area contributed by atoms with E-state index in [9.17, 15) is 18.3 Å². The van der Waals surface area contributed by atoms with Gasteiger partial charge in [-0.15, -0.1) is 0 Å². The Labute approximate surface area is 96.7 Å². The Balaban J connectivity index is 3.04. The van der Waals surface area contributed by atoms with Gasteiger partial charge in [0.25, 0.3) is 0 Å². The molecule has 0 fully saturated rings. The smallest absolute Gasteiger partial charge is 0.416 e. The lowest BCUT2D eigenvalue weighted by Crippen LogP contribution is -2.09. The van der Waals surface area contributed by atoms with Crippen molar-refractivity contribution in [1.29, 1.82) is 0 Å². The van der Waals surface area contributed by atoms with Gasteiger partial charge in [0.2, 0.25) is 0 Å². The van der Waals surface area contributed by atoms with Crippen LogP contribution in [-0.2, 0) is 12.6 Å². The summed E-state index contributed by atoms with van der Waals surface area (Å²) in [5.74, 6) is -1.30. The second kappa shape index (κ2) is 5.27. The van der Waals surface area contributed by atoms with Crippen LogP contribution in [0.1, 0.15) is 24.0 Å². The molecule has 17 heavy (non-hydrogen) atoms. The molecule has 0 heterocycles. The maximum Gasteiger partial charge on any atom is 0.416 e. The van der Waals surface area contributed by atoms with Gasteiger partial charge in [0, 0.05) is 0 Å². The molecule has 0 saturated heterocycles. The maximum absolute atomic E-state index is 12.7. The minimum Gasteiger partial charge on any atom is -0.504 e. The Hall–Kier alpha value is -1.43. The van der Waals surface area contributed by atoms with Crippen LogP contribution in [0.15, 0.2) is 12.1 Å². The first-order valence-corrected chi connectivity index (χ1v) is 5.18. The predicted molar refractivity (Wildman–Crippen MR) is 56.8 cm³/mol. The molecule has 3 nitrogen and oxygen atoms in total. The van der Waals surface area contributed by atoms with E-state index in [2.05, 4.69) is 0 Å². The fourth-order valence-corrected chi connectivity index (χ4v) is 1.55. The first-order valence-electron chi connectivity index (χ1n) is 5.18. The molecule has 0 bridgehead atoms. The van der Waals surface area contributed by atoms with Crippen molar-refractivity contribution < 1.29 is 23.4 Å². The van der Waals surface area contributed by atoms with Crippen LogP contribution in [0.3, 0.4) is 0 Å². The molecule has 0 unspecified atom stereocenters. The van der Waals surface area contributed by atoms with E-state index in [1.807, 2.05) is 0 Å². The summed E-state index contributed by atoms with van der Waals surface area (Å²) in [7, 11) is 0. The molecular formula is C11H14F3NO2. The molecule has 1 rings (SSSR count). The monoisotopic (exact) mass is 249 g/mol. The van der Waals surface area contributed by atoms with E-state index in [0.29, 0.717) is 25.5 Å². The predicted octanol–water partition coefficient (Wildman–Crippen LogP) is 2.40. The number of phenols is 2. The van der Waals surface area contributed by atoms with Crippen molar-refractivity contribution in [2.75, 3.05) is 6.54 Å². The second-order valence-electron chi connectivity index (χ2n) is 3.74. The van der Waals surface area contributed by atoms with Gasteiger partial charge in [-0.2, -0.15) is 13.2 Å². The summed E-state index contributed by atoms with van der Waals surface area (Å²) in [5, 5.41) is 18.3. The van der Waals surface area contributed by atoms with Crippen molar-refractivity contribution >= 4 is 0 Å². The van der Waals surface area contributed by atoms with E-state index in [0.717, 1.165) is 6.07 Å². The van der Waals surface area contributed by atoms with Crippen LogP contribution in [0.4, 0.5) is 13.2 Å². The average Bonchev–Trinajstić information content (AvgIpc) is 2.21. The van der Waals surface area contributed by atoms with Crippen LogP contribution < -0.4 is 5.73 Å². The van der Waals surface area contributed by atoms with E-state index < -0.39 is 23.2 Å². The van der Waals surface area contributed by atoms with Gasteiger partial charge in [0.05, 0.1) is 5.56 Å². The summed E-state index contributed by atoms with van der Waals surface area (Å²) < 4.78 is 38.0. The van der Waals surface area contributed by atoms with E-state index >= 15 is 0 Å². The molecule has 1 aromatic carbocycles. The molecular weight excluding hydrogens is 235 g/mol. The largest absolute Gasteiger partial charge is 0.504 e. The number of halogens is 3. The molecule has 0 spiro atoms. The highest BCUT2D eigenvalue weighted by Gasteiger charge is 2.34. The van der Waals surface area contributed by atoms with Crippen molar-refractivity contribution in [1.82, 2.24) is 0 Å². The first-order chi connectivity index (χ1) is 7.86. The van der Waals surface area contributed by atoms with E-state index in [1.165, 1.54) is 0 Å². The molecule has 0 amide bonds. The standard InChI is InChI=1S/C11H14F3NO2/c12-11(13,14)8-6-10(17)9(16)5-7(8)3-1-2-4-15/h5-6,16-17H,1-4,15H2. The van der Waals surface area contributed by atoms with Crippen molar-refractivity contribution in [3.8, 4) is 11.5 Å². The SMILES string of the molecule is NCCCCc1cc(O)c(O)cc1C(F)(F)F. The lowest BCUT2D eigenvalue weighted by molar-refractivity contribution is -0.138. The van der Waals surface area contributed by atoms with Gasteiger partial charge in [-0.1, -0.05) is 0 Å². The van der Waals surface area contributed by atoms with Crippen molar-refractivity contribution in [3.63, 3.8) is 0 Å². The minimum atomic E-state index is -4.54. The number of aryl methyl sites for hydroxylation is 1. The number of alkyl halides is 3. The topological polar surface area (TPSA) is 66.5 Å². The maximum atomic E-state index is 12.7. The molecule has 0 saturated carbocycles. The third kappa shape index (κ3) is 3.52. The summed E-state index contributed by atoms with van der Waals surface area (Å²) in [6, 6.07) is 1.50. The second-order valence-corrected chi connectivity index (χ2v) is 3.74. The first kappa shape index (κ1) is 13.6. The normalized spacial score (nSPS) is 11.8. The Bertz CT molecular complexity index is 391. The van der Waals surface area contributed by atoms with Crippen LogP contribution in [0.25, 0.3) is 0 Å². The number of benzene rings is 1. The van der Waals surface area contributed by atoms with Gasteiger partial charge < -0.3 is 15.9 Å². The Morgan fingerprint density at radius 3 is 2.18 bits per heavy atom. The fourth-order valence-electron chi connectivity index (χ4n) is 1.55. The molecule has 0 atom stereocenters. The number of hydrogen-bond donors (Lipinski definition) is 3. The highest BCUT2D eigenvalue weighted by Crippen LogP contribution is 2.38. The Morgan fingerprint density at radius 1 is 1.06 bits per heavy atom. The highest BCUT2D eigenvalue weighted by molar-refractivity contribution is 5.46. The zero-order valence-corrected chi connectivity index (χ0v) is 9.09. The third-order valence-corrected chi connectivity index (χ3v) is 2.41. The summed E-state index contributed by atoms with van der Waals surface area (Å²) in [5.41, 5.74) is 4.32. The van der Waals surface area contributed by atoms with Crippen LogP contribution in [-0.4, -0.2) is 16.8 Å². The molecule has 6 heteroatoms. The summed E-state index contributed by atoms with van der Waals surface area (Å²) >= 11 is 0. The van der Waals surface area contributed by atoms with Crippen LogP contribution in [0.5, 0.6) is 11.5 Å². The molecule has 0 aliphatic rings. The molecule has 0 radical (unpaired) electrons. The van der Waals surface area contributed by atoms with E-state index in [-0.39, 0.29) is 12.0 Å². The number of aromatic hydroxyl groups is 2. The quantitative estimate of drug-likeness (QED) is 0.567. The summed E-state index contributed by atoms with van der Waals surface area (Å²) in [6.07, 6.45) is -3.26. The summed E-state index contributed by atoms with van der Waals surface area (Å²) in [6.45, 7) is 0.408. The number of phenolic OH excluding ortho intramolecular Hbond substituents is 2. The Morgan fingerprint density at radius 2 is 1.65 bits per heavy atom. The third-order valence-electron chi connectivity index (χ3n) is 2.41. The molecule has 0 aliphatic carbocycles. The zero-order valence-electron chi connectivity index (χ0n) is 9.09. The number of hydrogen-bond acceptors (Lipinski definition) is 3. The van der Waals surface area contributed by atoms with Gasteiger partial charge in [0.15, 0.2) is 11.5 Å². The van der Waals surface area contributed by atoms with Gasteiger partial charge in [-0.05, 0) is 43.5 Å². The minimum absolute atomic E-state index is 0.0266. The molecule has 0 aliphatic heterocycles. The fraction of sp³-hybridized carbons (Fsp3) is 0.455. The van der Waals surface area contributed by atoms with Crippen LogP contribution >= 0.6 is 0 Å². The van der Waals surface area contributed by atoms with Crippen molar-refractivity contribution in [3.05, 3.63) is 23.3 Å². The lowest BCUT2D eigenvalue weighted by atomic mass is 10.0. The van der Waals surface area contributed by atoms with Gasteiger partial charge in [-0.25, -0.2) is 0 Å². The lowest BCUT2D eigenvalue weighted by Gasteiger charge is -2.14. The molecule has 1 aromatic rings. The average molecular weight is 249 g/mol. The number of rotatable bonds is 4. The van der Waals surface area contributed by atoms with Gasteiger partial charge in [0.1, 0.15) is 0 Å².